The summed E-state index contributed by atoms with van der Waals surface area (Å²) in [6.45, 7) is 6.21. The van der Waals surface area contributed by atoms with Gasteiger partial charge in [0.05, 0.1) is 23.3 Å². The molecule has 1 amide bonds. The Kier molecular flexibility index (Phi) is 4.93. The van der Waals surface area contributed by atoms with Gasteiger partial charge in [0.25, 0.3) is 0 Å². The molecule has 34 heavy (non-hydrogen) atoms. The minimum absolute atomic E-state index is 0.0935. The van der Waals surface area contributed by atoms with E-state index in [2.05, 4.69) is 5.32 Å². The van der Waals surface area contributed by atoms with Gasteiger partial charge in [-0.15, -0.1) is 0 Å². The standard InChI is InChI=1S/C24H27F2N3O5/c1-23(2,3)34-22(33)27-19-10-28(11-24(19)4-5-24)17-8-16-12(6-14(17)25)20(30)13(21(31)32)9-29(16)18-7-15(18)26/h6,8-9,15,18-19H,4-5,7,10-11H2,1-3H3,(H,27,33)(H,31,32)/t15-,18+,19?/m0/s1. The molecule has 182 valence electrons. The van der Waals surface area contributed by atoms with Crippen molar-refractivity contribution in [3.05, 3.63) is 39.9 Å². The number of hydrogen-bond acceptors (Lipinski definition) is 5. The van der Waals surface area contributed by atoms with Crippen molar-refractivity contribution >= 4 is 28.7 Å². The first-order valence-corrected chi connectivity index (χ1v) is 11.4. The van der Waals surface area contributed by atoms with E-state index in [1.54, 1.807) is 20.8 Å². The van der Waals surface area contributed by atoms with Crippen molar-refractivity contribution in [1.82, 2.24) is 9.88 Å². The van der Waals surface area contributed by atoms with Gasteiger partial charge in [-0.1, -0.05) is 0 Å². The fourth-order valence-electron chi connectivity index (χ4n) is 4.94. The zero-order chi connectivity index (χ0) is 24.6. The molecule has 0 bridgehead atoms. The fraction of sp³-hybridized carbons (Fsp3) is 0.542. The van der Waals surface area contributed by atoms with Crippen LogP contribution in [0.3, 0.4) is 0 Å². The van der Waals surface area contributed by atoms with E-state index in [0.29, 0.717) is 18.6 Å². The Bertz CT molecular complexity index is 1260. The van der Waals surface area contributed by atoms with Crippen LogP contribution in [0, 0.1) is 11.2 Å². The second-order valence-electron chi connectivity index (χ2n) is 10.7. The first-order chi connectivity index (χ1) is 15.9. The number of carboxylic acid groups (broad SMARTS) is 1. The van der Waals surface area contributed by atoms with Gasteiger partial charge in [-0.05, 0) is 45.7 Å². The number of rotatable bonds is 4. The highest BCUT2D eigenvalue weighted by atomic mass is 19.1. The smallest absolute Gasteiger partial charge is 0.407 e. The number of alkyl halides is 1. The number of aromatic nitrogens is 1. The number of pyridine rings is 1. The van der Waals surface area contributed by atoms with E-state index in [1.165, 1.54) is 10.6 Å². The predicted molar refractivity (Wildman–Crippen MR) is 121 cm³/mol. The lowest BCUT2D eigenvalue weighted by Crippen LogP contribution is -2.44. The minimum Gasteiger partial charge on any atom is -0.477 e. The highest BCUT2D eigenvalue weighted by molar-refractivity contribution is 5.93. The molecule has 3 fully saturated rings. The van der Waals surface area contributed by atoms with E-state index in [4.69, 9.17) is 4.74 Å². The van der Waals surface area contributed by atoms with Crippen LogP contribution in [-0.4, -0.2) is 52.6 Å². The number of carboxylic acids is 1. The molecule has 1 saturated heterocycles. The normalized spacial score (nSPS) is 25.0. The fourth-order valence-corrected chi connectivity index (χ4v) is 4.94. The van der Waals surface area contributed by atoms with Crippen molar-refractivity contribution in [2.45, 2.75) is 63.9 Å². The SMILES string of the molecule is CC(C)(C)OC(=O)NC1CN(c2cc3c(cc2F)c(=O)c(C(=O)O)cn3[C@@H]2C[C@@H]2F)CC12CC2. The Balaban J connectivity index is 1.50. The number of nitrogens with one attached hydrogen (secondary N) is 1. The van der Waals surface area contributed by atoms with Crippen molar-refractivity contribution < 1.29 is 28.2 Å². The van der Waals surface area contributed by atoms with Gasteiger partial charge in [0.1, 0.15) is 23.2 Å². The van der Waals surface area contributed by atoms with Crippen LogP contribution < -0.4 is 15.6 Å². The van der Waals surface area contributed by atoms with Crippen LogP contribution in [0.2, 0.25) is 0 Å². The summed E-state index contributed by atoms with van der Waals surface area (Å²) in [5, 5.41) is 12.2. The maximum atomic E-state index is 15.3. The van der Waals surface area contributed by atoms with Crippen LogP contribution in [-0.2, 0) is 4.74 Å². The molecule has 2 N–H and O–H groups in total. The summed E-state index contributed by atoms with van der Waals surface area (Å²) in [4.78, 5) is 38.4. The third kappa shape index (κ3) is 3.88. The van der Waals surface area contributed by atoms with Gasteiger partial charge in [-0.2, -0.15) is 0 Å². The molecule has 2 saturated carbocycles. The number of ether oxygens (including phenoxy) is 1. The average Bonchev–Trinajstić information content (AvgIpc) is 3.61. The molecule has 5 rings (SSSR count). The number of alkyl carbamates (subject to hydrolysis) is 1. The van der Waals surface area contributed by atoms with E-state index < -0.39 is 46.7 Å². The Hall–Kier alpha value is -3.17. The number of carbonyl (C=O) groups is 2. The number of anilines is 1. The zero-order valence-corrected chi connectivity index (χ0v) is 19.2. The van der Waals surface area contributed by atoms with E-state index in [-0.39, 0.29) is 29.0 Å². The second-order valence-corrected chi connectivity index (χ2v) is 10.7. The summed E-state index contributed by atoms with van der Waals surface area (Å²) in [6, 6.07) is 1.72. The number of aromatic carboxylic acids is 1. The average molecular weight is 475 g/mol. The summed E-state index contributed by atoms with van der Waals surface area (Å²) in [6.07, 6.45) is 1.46. The molecule has 1 aromatic carbocycles. The lowest BCUT2D eigenvalue weighted by atomic mass is 10.0. The monoisotopic (exact) mass is 475 g/mol. The van der Waals surface area contributed by atoms with Crippen LogP contribution in [0.1, 0.15) is 56.4 Å². The van der Waals surface area contributed by atoms with Crippen LogP contribution in [0.15, 0.2) is 23.1 Å². The number of amides is 1. The van der Waals surface area contributed by atoms with Gasteiger partial charge >= 0.3 is 12.1 Å². The summed E-state index contributed by atoms with van der Waals surface area (Å²) >= 11 is 0. The third-order valence-corrected chi connectivity index (χ3v) is 6.94. The zero-order valence-electron chi connectivity index (χ0n) is 19.2. The van der Waals surface area contributed by atoms with Gasteiger partial charge in [-0.25, -0.2) is 18.4 Å². The van der Waals surface area contributed by atoms with E-state index in [1.807, 2.05) is 4.90 Å². The van der Waals surface area contributed by atoms with Crippen LogP contribution >= 0.6 is 0 Å². The first kappa shape index (κ1) is 22.6. The summed E-state index contributed by atoms with van der Waals surface area (Å²) in [7, 11) is 0. The lowest BCUT2D eigenvalue weighted by Gasteiger charge is -2.24. The maximum Gasteiger partial charge on any atom is 0.407 e. The molecule has 8 nitrogen and oxygen atoms in total. The minimum atomic E-state index is -1.44. The molecule has 1 unspecified atom stereocenters. The van der Waals surface area contributed by atoms with Gasteiger partial charge < -0.3 is 24.6 Å². The van der Waals surface area contributed by atoms with Crippen LogP contribution in [0.25, 0.3) is 10.9 Å². The number of fused-ring (bicyclic) bond motifs is 1. The Morgan fingerprint density at radius 3 is 2.50 bits per heavy atom. The highest BCUT2D eigenvalue weighted by Crippen LogP contribution is 2.54. The molecule has 3 aliphatic rings. The number of benzene rings is 1. The highest BCUT2D eigenvalue weighted by Gasteiger charge is 2.56. The summed E-state index contributed by atoms with van der Waals surface area (Å²) in [5.74, 6) is -2.10. The van der Waals surface area contributed by atoms with Gasteiger partial charge in [0, 0.05) is 36.5 Å². The van der Waals surface area contributed by atoms with Crippen molar-refractivity contribution in [2.75, 3.05) is 18.0 Å². The molecule has 2 aromatic rings. The van der Waals surface area contributed by atoms with Crippen LogP contribution in [0.4, 0.5) is 19.3 Å². The van der Waals surface area contributed by atoms with E-state index in [9.17, 15) is 23.9 Å². The van der Waals surface area contributed by atoms with Crippen LogP contribution in [0.5, 0.6) is 0 Å². The van der Waals surface area contributed by atoms with Crippen molar-refractivity contribution in [3.63, 3.8) is 0 Å². The van der Waals surface area contributed by atoms with Crippen molar-refractivity contribution in [1.29, 1.82) is 0 Å². The summed E-state index contributed by atoms with van der Waals surface area (Å²) in [5.41, 5.74) is -1.60. The molecular formula is C24H27F2N3O5. The van der Waals surface area contributed by atoms with Crippen molar-refractivity contribution in [2.24, 2.45) is 5.41 Å². The predicted octanol–water partition coefficient (Wildman–Crippen LogP) is 3.62. The molecule has 10 heteroatoms. The number of hydrogen-bond donors (Lipinski definition) is 2. The number of halogens is 2. The Morgan fingerprint density at radius 1 is 1.26 bits per heavy atom. The molecular weight excluding hydrogens is 448 g/mol. The first-order valence-electron chi connectivity index (χ1n) is 11.4. The third-order valence-electron chi connectivity index (χ3n) is 6.94. The second kappa shape index (κ2) is 7.41. The molecule has 2 heterocycles. The van der Waals surface area contributed by atoms with Crippen molar-refractivity contribution in [3.8, 4) is 0 Å². The Labute approximate surface area is 194 Å². The quantitative estimate of drug-likeness (QED) is 0.701. The molecule has 1 aromatic heterocycles. The van der Waals surface area contributed by atoms with Gasteiger partial charge in [0.2, 0.25) is 5.43 Å². The van der Waals surface area contributed by atoms with Gasteiger partial charge in [0.15, 0.2) is 0 Å². The summed E-state index contributed by atoms with van der Waals surface area (Å²) < 4.78 is 36.0. The topological polar surface area (TPSA) is 101 Å². The van der Waals surface area contributed by atoms with E-state index in [0.717, 1.165) is 25.1 Å². The van der Waals surface area contributed by atoms with E-state index >= 15 is 4.39 Å². The molecule has 1 aliphatic heterocycles. The maximum absolute atomic E-state index is 15.3. The Morgan fingerprint density at radius 2 is 1.94 bits per heavy atom. The molecule has 2 aliphatic carbocycles. The molecule has 3 atom stereocenters. The molecule has 1 spiro atoms. The molecule has 0 radical (unpaired) electrons. The van der Waals surface area contributed by atoms with Gasteiger partial charge in [-0.3, -0.25) is 4.79 Å². The number of carbonyl (C=O) groups excluding carboxylic acids is 1. The lowest BCUT2D eigenvalue weighted by molar-refractivity contribution is 0.0493. The largest absolute Gasteiger partial charge is 0.477 e. The number of nitrogens with zero attached hydrogens (tertiary/aromatic N) is 2.